The largest absolute Gasteiger partial charge is 0.306 e. The molecule has 0 fully saturated rings. The van der Waals surface area contributed by atoms with E-state index in [9.17, 15) is 0 Å². The Kier molecular flexibility index (Phi) is 6.76. The van der Waals surface area contributed by atoms with E-state index in [0.29, 0.717) is 0 Å². The molecule has 0 heterocycles. The molecule has 2 aromatic carbocycles. The van der Waals surface area contributed by atoms with Crippen molar-refractivity contribution in [3.63, 3.8) is 0 Å². The van der Waals surface area contributed by atoms with Crippen LogP contribution < -0.4 is 5.32 Å². The highest BCUT2D eigenvalue weighted by atomic mass is 79.9. The van der Waals surface area contributed by atoms with Crippen LogP contribution in [0.2, 0.25) is 5.02 Å². The molecule has 1 N–H and O–H groups in total. The average molecular weight is 496 g/mol. The van der Waals surface area contributed by atoms with Crippen LogP contribution >= 0.6 is 59.4 Å². The molecule has 1 atom stereocenters. The molecule has 0 amide bonds. The Balaban J connectivity index is 2.52. The van der Waals surface area contributed by atoms with Gasteiger partial charge in [-0.3, -0.25) is 0 Å². The van der Waals surface area contributed by atoms with Crippen molar-refractivity contribution in [1.82, 2.24) is 5.32 Å². The van der Waals surface area contributed by atoms with E-state index in [1.165, 1.54) is 5.56 Å². The fourth-order valence-corrected chi connectivity index (χ4v) is 3.66. The molecule has 112 valence electrons. The maximum absolute atomic E-state index is 6.18. The lowest BCUT2D eigenvalue weighted by Crippen LogP contribution is -2.24. The summed E-state index contributed by atoms with van der Waals surface area (Å²) in [6.07, 6.45) is 1.07. The molecule has 0 saturated carbocycles. The van der Waals surface area contributed by atoms with Gasteiger partial charge in [-0.05, 0) is 60.5 Å². The molecule has 2 aromatic rings. The lowest BCUT2D eigenvalue weighted by Gasteiger charge is -2.22. The third kappa shape index (κ3) is 4.55. The molecular weight excluding hydrogens is 481 g/mol. The molecule has 5 heteroatoms. The summed E-state index contributed by atoms with van der Waals surface area (Å²) >= 11 is 17.0. The number of rotatable bonds is 5. The summed E-state index contributed by atoms with van der Waals surface area (Å²) in [4.78, 5) is 0. The van der Waals surface area contributed by atoms with Gasteiger partial charge in [0.1, 0.15) is 0 Å². The summed E-state index contributed by atoms with van der Waals surface area (Å²) < 4.78 is 3.18. The normalized spacial score (nSPS) is 12.4. The first-order valence-electron chi connectivity index (χ1n) is 6.66. The van der Waals surface area contributed by atoms with Gasteiger partial charge in [0.05, 0.1) is 6.04 Å². The molecule has 1 nitrogen and oxygen atoms in total. The molecule has 0 aromatic heterocycles. The van der Waals surface area contributed by atoms with Crippen molar-refractivity contribution in [1.29, 1.82) is 0 Å². The molecule has 0 spiro atoms. The van der Waals surface area contributed by atoms with Crippen LogP contribution in [-0.4, -0.2) is 6.54 Å². The monoisotopic (exact) mass is 493 g/mol. The van der Waals surface area contributed by atoms with Gasteiger partial charge >= 0.3 is 0 Å². The predicted octanol–water partition coefficient (Wildman–Crippen LogP) is 6.72. The van der Waals surface area contributed by atoms with E-state index in [-0.39, 0.29) is 6.04 Å². The molecule has 0 aliphatic rings. The molecule has 0 aliphatic carbocycles. The molecule has 2 rings (SSSR count). The third-order valence-corrected chi connectivity index (χ3v) is 5.31. The van der Waals surface area contributed by atoms with Gasteiger partial charge in [0, 0.05) is 18.4 Å². The lowest BCUT2D eigenvalue weighted by atomic mass is 9.98. The van der Waals surface area contributed by atoms with Crippen LogP contribution in [0.3, 0.4) is 0 Å². The minimum Gasteiger partial charge on any atom is -0.306 e. The highest BCUT2D eigenvalue weighted by Gasteiger charge is 2.19. The maximum atomic E-state index is 6.18. The first kappa shape index (κ1) is 17.5. The summed E-state index contributed by atoms with van der Waals surface area (Å²) in [6.45, 7) is 3.09. The van der Waals surface area contributed by atoms with E-state index in [1.807, 2.05) is 24.3 Å². The van der Waals surface area contributed by atoms with Gasteiger partial charge in [0.2, 0.25) is 0 Å². The first-order valence-corrected chi connectivity index (χ1v) is 9.42. The van der Waals surface area contributed by atoms with Crippen molar-refractivity contribution in [2.75, 3.05) is 6.54 Å². The van der Waals surface area contributed by atoms with Gasteiger partial charge in [-0.1, -0.05) is 66.3 Å². The third-order valence-electron chi connectivity index (χ3n) is 3.14. The maximum Gasteiger partial charge on any atom is 0.0599 e. The van der Waals surface area contributed by atoms with Crippen LogP contribution in [-0.2, 0) is 0 Å². The van der Waals surface area contributed by atoms with E-state index in [4.69, 9.17) is 11.6 Å². The van der Waals surface area contributed by atoms with Gasteiger partial charge in [0.15, 0.2) is 0 Å². The molecule has 0 radical (unpaired) electrons. The Labute approximate surface area is 155 Å². The van der Waals surface area contributed by atoms with Crippen LogP contribution in [0.4, 0.5) is 0 Å². The number of benzene rings is 2. The second kappa shape index (κ2) is 8.11. The quantitative estimate of drug-likeness (QED) is 0.485. The topological polar surface area (TPSA) is 12.0 Å². The lowest BCUT2D eigenvalue weighted by molar-refractivity contribution is 0.595. The van der Waals surface area contributed by atoms with Gasteiger partial charge in [-0.15, -0.1) is 0 Å². The standard InChI is InChI=1S/C16H15Br3ClN/c1-2-7-21-16(12-8-10(17)3-5-14(12)18)13-9-11(20)4-6-15(13)19/h3-6,8-9,16,21H,2,7H2,1H3. The zero-order valence-corrected chi connectivity index (χ0v) is 17.0. The van der Waals surface area contributed by atoms with E-state index in [2.05, 4.69) is 72.2 Å². The van der Waals surface area contributed by atoms with Crippen LogP contribution in [0.5, 0.6) is 0 Å². The average Bonchev–Trinajstić information content (AvgIpc) is 2.46. The van der Waals surface area contributed by atoms with E-state index >= 15 is 0 Å². The molecule has 0 saturated heterocycles. The Morgan fingerprint density at radius 2 is 1.62 bits per heavy atom. The van der Waals surface area contributed by atoms with Crippen molar-refractivity contribution in [2.45, 2.75) is 19.4 Å². The van der Waals surface area contributed by atoms with Crippen molar-refractivity contribution >= 4 is 59.4 Å². The van der Waals surface area contributed by atoms with Gasteiger partial charge < -0.3 is 5.32 Å². The molecular formula is C16H15Br3ClN. The molecule has 1 unspecified atom stereocenters. The Hall–Kier alpha value is 0.130. The zero-order valence-electron chi connectivity index (χ0n) is 11.5. The Morgan fingerprint density at radius 3 is 2.29 bits per heavy atom. The summed E-state index contributed by atoms with van der Waals surface area (Å²) in [7, 11) is 0. The van der Waals surface area contributed by atoms with E-state index in [1.54, 1.807) is 0 Å². The zero-order chi connectivity index (χ0) is 15.4. The first-order chi connectivity index (χ1) is 10.0. The van der Waals surface area contributed by atoms with Crippen molar-refractivity contribution in [3.8, 4) is 0 Å². The van der Waals surface area contributed by atoms with Crippen LogP contribution in [0.15, 0.2) is 49.8 Å². The predicted molar refractivity (Wildman–Crippen MR) is 101 cm³/mol. The van der Waals surface area contributed by atoms with Gasteiger partial charge in [-0.25, -0.2) is 0 Å². The molecule has 0 aliphatic heterocycles. The Bertz CT molecular complexity index is 579. The fraction of sp³-hybridized carbons (Fsp3) is 0.250. The second-order valence-electron chi connectivity index (χ2n) is 4.72. The number of halogens is 4. The Morgan fingerprint density at radius 1 is 1.00 bits per heavy atom. The second-order valence-corrected chi connectivity index (χ2v) is 7.78. The van der Waals surface area contributed by atoms with Crippen LogP contribution in [0, 0.1) is 0 Å². The van der Waals surface area contributed by atoms with E-state index in [0.717, 1.165) is 37.0 Å². The van der Waals surface area contributed by atoms with Crippen LogP contribution in [0.1, 0.15) is 30.5 Å². The summed E-state index contributed by atoms with van der Waals surface area (Å²) in [5, 5.41) is 4.34. The van der Waals surface area contributed by atoms with Gasteiger partial charge in [-0.2, -0.15) is 0 Å². The number of hydrogen-bond donors (Lipinski definition) is 1. The highest BCUT2D eigenvalue weighted by molar-refractivity contribution is 9.11. The summed E-state index contributed by atoms with van der Waals surface area (Å²) in [5.74, 6) is 0. The molecule has 0 bridgehead atoms. The van der Waals surface area contributed by atoms with Crippen molar-refractivity contribution in [3.05, 3.63) is 66.0 Å². The summed E-state index contributed by atoms with van der Waals surface area (Å²) in [5.41, 5.74) is 2.32. The van der Waals surface area contributed by atoms with E-state index < -0.39 is 0 Å². The number of hydrogen-bond acceptors (Lipinski definition) is 1. The smallest absolute Gasteiger partial charge is 0.0599 e. The number of nitrogens with one attached hydrogen (secondary N) is 1. The summed E-state index contributed by atoms with van der Waals surface area (Å²) in [6, 6.07) is 12.2. The highest BCUT2D eigenvalue weighted by Crippen LogP contribution is 2.35. The minimum absolute atomic E-state index is 0.0740. The van der Waals surface area contributed by atoms with Crippen LogP contribution in [0.25, 0.3) is 0 Å². The van der Waals surface area contributed by atoms with Crippen molar-refractivity contribution < 1.29 is 0 Å². The van der Waals surface area contributed by atoms with Crippen molar-refractivity contribution in [2.24, 2.45) is 0 Å². The molecule has 21 heavy (non-hydrogen) atoms. The van der Waals surface area contributed by atoms with Gasteiger partial charge in [0.25, 0.3) is 0 Å². The fourth-order valence-electron chi connectivity index (χ4n) is 2.15. The minimum atomic E-state index is 0.0740. The SMILES string of the molecule is CCCNC(c1cc(Cl)ccc1Br)c1cc(Br)ccc1Br.